The van der Waals surface area contributed by atoms with Gasteiger partial charge in [0.2, 0.25) is 5.89 Å². The van der Waals surface area contributed by atoms with Gasteiger partial charge in [0.1, 0.15) is 11.4 Å². The van der Waals surface area contributed by atoms with Gasteiger partial charge in [-0.25, -0.2) is 4.39 Å². The molecule has 0 aliphatic carbocycles. The maximum Gasteiger partial charge on any atom is 0.254 e. The molecule has 7 heteroatoms. The lowest BCUT2D eigenvalue weighted by molar-refractivity contribution is 0.0727. The number of hydrogen-bond acceptors (Lipinski definition) is 6. The lowest BCUT2D eigenvalue weighted by atomic mass is 10.0. The zero-order valence-electron chi connectivity index (χ0n) is 12.5. The summed E-state index contributed by atoms with van der Waals surface area (Å²) in [4.78, 5) is 0. The summed E-state index contributed by atoms with van der Waals surface area (Å²) < 4.78 is 35.7. The van der Waals surface area contributed by atoms with Crippen LogP contribution >= 0.6 is 0 Å². The van der Waals surface area contributed by atoms with Crippen LogP contribution in [0.1, 0.15) is 24.7 Å². The summed E-state index contributed by atoms with van der Waals surface area (Å²) in [7, 11) is 2.92. The van der Waals surface area contributed by atoms with Crippen LogP contribution in [0.15, 0.2) is 16.5 Å². The van der Waals surface area contributed by atoms with Gasteiger partial charge >= 0.3 is 0 Å². The molecule has 1 fully saturated rings. The second-order valence-electron chi connectivity index (χ2n) is 5.02. The van der Waals surface area contributed by atoms with E-state index >= 15 is 0 Å². The highest BCUT2D eigenvalue weighted by molar-refractivity contribution is 5.68. The Morgan fingerprint density at radius 3 is 2.77 bits per heavy atom. The Morgan fingerprint density at radius 2 is 2.09 bits per heavy atom. The summed E-state index contributed by atoms with van der Waals surface area (Å²) in [6.07, 6.45) is 1.86. The fourth-order valence-electron chi connectivity index (χ4n) is 2.54. The van der Waals surface area contributed by atoms with Crippen molar-refractivity contribution in [2.24, 2.45) is 0 Å². The van der Waals surface area contributed by atoms with Crippen molar-refractivity contribution in [3.8, 4) is 23.0 Å². The van der Waals surface area contributed by atoms with Crippen LogP contribution in [0.2, 0.25) is 0 Å². The molecule has 1 saturated heterocycles. The Hall–Kier alpha value is -2.15. The van der Waals surface area contributed by atoms with Crippen molar-refractivity contribution in [3.63, 3.8) is 0 Å². The molecule has 0 N–H and O–H groups in total. The lowest BCUT2D eigenvalue weighted by Gasteiger charge is -2.18. The van der Waals surface area contributed by atoms with Gasteiger partial charge in [-0.3, -0.25) is 0 Å². The summed E-state index contributed by atoms with van der Waals surface area (Å²) in [6.45, 7) is 1.29. The molecule has 0 amide bonds. The maximum atomic E-state index is 14.2. The summed E-state index contributed by atoms with van der Waals surface area (Å²) in [6, 6.07) is 2.77. The van der Waals surface area contributed by atoms with Crippen LogP contribution in [0, 0.1) is 5.82 Å². The van der Waals surface area contributed by atoms with Gasteiger partial charge in [0, 0.05) is 6.61 Å². The van der Waals surface area contributed by atoms with Gasteiger partial charge in [-0.05, 0) is 25.0 Å². The highest BCUT2D eigenvalue weighted by atomic mass is 19.1. The van der Waals surface area contributed by atoms with E-state index in [-0.39, 0.29) is 23.1 Å². The minimum absolute atomic E-state index is 0.0506. The van der Waals surface area contributed by atoms with Crippen molar-refractivity contribution in [2.45, 2.75) is 18.8 Å². The van der Waals surface area contributed by atoms with Crippen molar-refractivity contribution in [3.05, 3.63) is 23.8 Å². The molecule has 6 nitrogen and oxygen atoms in total. The molecule has 2 heterocycles. The minimum atomic E-state index is -0.507. The molecular formula is C15H17FN2O4. The van der Waals surface area contributed by atoms with Gasteiger partial charge in [0.15, 0.2) is 11.5 Å². The normalized spacial score (nSPS) is 18.2. The zero-order valence-corrected chi connectivity index (χ0v) is 12.5. The summed E-state index contributed by atoms with van der Waals surface area (Å²) in [5.74, 6) is 0.715. The van der Waals surface area contributed by atoms with Crippen LogP contribution in [-0.2, 0) is 4.74 Å². The van der Waals surface area contributed by atoms with E-state index in [1.807, 2.05) is 0 Å². The number of halogens is 1. The molecule has 22 heavy (non-hydrogen) atoms. The van der Waals surface area contributed by atoms with Crippen LogP contribution in [0.5, 0.6) is 11.5 Å². The second-order valence-corrected chi connectivity index (χ2v) is 5.02. The predicted octanol–water partition coefficient (Wildman–Crippen LogP) is 2.79. The molecule has 118 valence electrons. The monoisotopic (exact) mass is 308 g/mol. The molecule has 0 saturated carbocycles. The molecule has 1 aromatic heterocycles. The van der Waals surface area contributed by atoms with E-state index in [1.165, 1.54) is 26.4 Å². The smallest absolute Gasteiger partial charge is 0.254 e. The van der Waals surface area contributed by atoms with E-state index in [2.05, 4.69) is 10.2 Å². The number of rotatable bonds is 4. The van der Waals surface area contributed by atoms with Crippen LogP contribution in [-0.4, -0.2) is 37.6 Å². The third-order valence-electron chi connectivity index (χ3n) is 3.66. The van der Waals surface area contributed by atoms with Crippen molar-refractivity contribution < 1.29 is 23.0 Å². The SMILES string of the molecule is COc1ccc(F)c(-c2nnc(C3CCCOC3)o2)c1OC. The van der Waals surface area contributed by atoms with E-state index in [0.717, 1.165) is 19.4 Å². The Balaban J connectivity index is 1.99. The predicted molar refractivity (Wildman–Crippen MR) is 75.6 cm³/mol. The van der Waals surface area contributed by atoms with Crippen LogP contribution < -0.4 is 9.47 Å². The molecule has 1 atom stereocenters. The second kappa shape index (κ2) is 6.31. The molecule has 3 rings (SSSR count). The van der Waals surface area contributed by atoms with Gasteiger partial charge in [0.05, 0.1) is 26.7 Å². The first-order valence-electron chi connectivity index (χ1n) is 7.06. The molecule has 1 aliphatic heterocycles. The van der Waals surface area contributed by atoms with Gasteiger partial charge in [-0.2, -0.15) is 0 Å². The number of benzene rings is 1. The number of nitrogens with zero attached hydrogens (tertiary/aromatic N) is 2. The Bertz CT molecular complexity index is 653. The third kappa shape index (κ3) is 2.64. The fraction of sp³-hybridized carbons (Fsp3) is 0.467. The molecule has 0 radical (unpaired) electrons. The van der Waals surface area contributed by atoms with Crippen molar-refractivity contribution in [2.75, 3.05) is 27.4 Å². The van der Waals surface area contributed by atoms with Gasteiger partial charge in [-0.15, -0.1) is 10.2 Å². The molecule has 1 aromatic carbocycles. The molecule has 0 spiro atoms. The molecule has 1 aliphatic rings. The summed E-state index contributed by atoms with van der Waals surface area (Å²) in [5, 5.41) is 7.99. The van der Waals surface area contributed by atoms with E-state index in [4.69, 9.17) is 18.6 Å². The highest BCUT2D eigenvalue weighted by Gasteiger charge is 2.26. The molecule has 2 aromatic rings. The van der Waals surface area contributed by atoms with Crippen molar-refractivity contribution in [1.82, 2.24) is 10.2 Å². The average Bonchev–Trinajstić information content (AvgIpc) is 3.04. The average molecular weight is 308 g/mol. The van der Waals surface area contributed by atoms with Crippen LogP contribution in [0.25, 0.3) is 11.5 Å². The van der Waals surface area contributed by atoms with Gasteiger partial charge in [-0.1, -0.05) is 0 Å². The lowest BCUT2D eigenvalue weighted by Crippen LogP contribution is -2.15. The Kier molecular flexibility index (Phi) is 4.24. The number of aromatic nitrogens is 2. The minimum Gasteiger partial charge on any atom is -0.493 e. The Morgan fingerprint density at radius 1 is 1.23 bits per heavy atom. The van der Waals surface area contributed by atoms with Crippen LogP contribution in [0.4, 0.5) is 4.39 Å². The number of ether oxygens (including phenoxy) is 3. The first kappa shape index (κ1) is 14.8. The fourth-order valence-corrected chi connectivity index (χ4v) is 2.54. The standard InChI is InChI=1S/C15H17FN2O4/c1-19-11-6-5-10(16)12(13(11)20-2)15-18-17-14(22-15)9-4-3-7-21-8-9/h5-6,9H,3-4,7-8H2,1-2H3. The zero-order chi connectivity index (χ0) is 15.5. The maximum absolute atomic E-state index is 14.2. The van der Waals surface area contributed by atoms with E-state index in [9.17, 15) is 4.39 Å². The van der Waals surface area contributed by atoms with Gasteiger partial charge < -0.3 is 18.6 Å². The van der Waals surface area contributed by atoms with E-state index in [1.54, 1.807) is 0 Å². The van der Waals surface area contributed by atoms with Crippen molar-refractivity contribution >= 4 is 0 Å². The highest BCUT2D eigenvalue weighted by Crippen LogP contribution is 2.40. The van der Waals surface area contributed by atoms with E-state index in [0.29, 0.717) is 18.2 Å². The largest absolute Gasteiger partial charge is 0.493 e. The first-order valence-corrected chi connectivity index (χ1v) is 7.06. The van der Waals surface area contributed by atoms with Crippen LogP contribution in [0.3, 0.4) is 0 Å². The third-order valence-corrected chi connectivity index (χ3v) is 3.66. The summed E-state index contributed by atoms with van der Waals surface area (Å²) >= 11 is 0. The van der Waals surface area contributed by atoms with E-state index < -0.39 is 5.82 Å². The number of hydrogen-bond donors (Lipinski definition) is 0. The van der Waals surface area contributed by atoms with Crippen molar-refractivity contribution in [1.29, 1.82) is 0 Å². The molecule has 1 unspecified atom stereocenters. The molecular weight excluding hydrogens is 291 g/mol. The molecule has 0 bridgehead atoms. The number of methoxy groups -OCH3 is 2. The topological polar surface area (TPSA) is 66.6 Å². The quantitative estimate of drug-likeness (QED) is 0.865. The Labute approximate surface area is 127 Å². The first-order chi connectivity index (χ1) is 10.7. The summed E-state index contributed by atoms with van der Waals surface area (Å²) in [5.41, 5.74) is 0.109. The van der Waals surface area contributed by atoms with Gasteiger partial charge in [0.25, 0.3) is 5.89 Å².